The van der Waals surface area contributed by atoms with E-state index in [0.717, 1.165) is 11.1 Å². The van der Waals surface area contributed by atoms with Gasteiger partial charge < -0.3 is 10.4 Å². The molecule has 0 aliphatic heterocycles. The number of hydrogen-bond donors (Lipinski definition) is 2. The Balaban J connectivity index is 2.71. The monoisotopic (exact) mass is 299 g/mol. The minimum atomic E-state index is -3.71. The highest BCUT2D eigenvalue weighted by molar-refractivity contribution is 7.92. The highest BCUT2D eigenvalue weighted by Gasteiger charge is 2.19. The van der Waals surface area contributed by atoms with Crippen molar-refractivity contribution in [2.75, 3.05) is 16.8 Å². The molecule has 0 bridgehead atoms. The molecule has 0 radical (unpaired) electrons. The van der Waals surface area contributed by atoms with Crippen molar-refractivity contribution in [1.29, 1.82) is 0 Å². The van der Waals surface area contributed by atoms with Gasteiger partial charge in [0.25, 0.3) is 0 Å². The second kappa shape index (κ2) is 6.51. The number of para-hydroxylation sites is 1. The van der Waals surface area contributed by atoms with Crippen molar-refractivity contribution in [2.45, 2.75) is 20.3 Å². The summed E-state index contributed by atoms with van der Waals surface area (Å²) in [6.07, 6.45) is -0.501. The number of rotatable bonds is 6. The lowest BCUT2D eigenvalue weighted by Crippen LogP contribution is -2.26. The molecule has 2 N–H and O–H groups in total. The molecule has 7 heteroatoms. The van der Waals surface area contributed by atoms with Gasteiger partial charge in [0.2, 0.25) is 5.91 Å². The van der Waals surface area contributed by atoms with Crippen LogP contribution in [0.2, 0.25) is 0 Å². The Bertz CT molecular complexity index is 601. The van der Waals surface area contributed by atoms with Crippen molar-refractivity contribution in [3.63, 3.8) is 0 Å². The smallest absolute Gasteiger partial charge is 0.304 e. The molecule has 0 saturated carbocycles. The van der Waals surface area contributed by atoms with Gasteiger partial charge in [-0.05, 0) is 25.0 Å². The van der Waals surface area contributed by atoms with Crippen LogP contribution in [0.25, 0.3) is 0 Å². The third kappa shape index (κ3) is 5.00. The number of aliphatic carboxylic acids is 1. The third-order valence-corrected chi connectivity index (χ3v) is 4.25. The van der Waals surface area contributed by atoms with Gasteiger partial charge in [-0.2, -0.15) is 0 Å². The van der Waals surface area contributed by atoms with E-state index in [9.17, 15) is 18.0 Å². The van der Waals surface area contributed by atoms with Crippen molar-refractivity contribution < 1.29 is 23.1 Å². The van der Waals surface area contributed by atoms with E-state index in [0.29, 0.717) is 5.69 Å². The molecule has 0 atom stereocenters. The van der Waals surface area contributed by atoms with E-state index in [1.807, 2.05) is 32.0 Å². The average molecular weight is 299 g/mol. The average Bonchev–Trinajstić information content (AvgIpc) is 2.31. The van der Waals surface area contributed by atoms with E-state index in [1.54, 1.807) is 0 Å². The van der Waals surface area contributed by atoms with Crippen molar-refractivity contribution in [3.05, 3.63) is 29.3 Å². The van der Waals surface area contributed by atoms with Crippen LogP contribution in [-0.2, 0) is 19.4 Å². The van der Waals surface area contributed by atoms with Gasteiger partial charge in [0.05, 0.1) is 12.2 Å². The second-order valence-corrected chi connectivity index (χ2v) is 6.73. The Morgan fingerprint density at radius 2 is 1.75 bits per heavy atom. The Labute approximate surface area is 117 Å². The van der Waals surface area contributed by atoms with Crippen LogP contribution < -0.4 is 5.32 Å². The number of benzene rings is 1. The molecular formula is C13H17NO5S. The van der Waals surface area contributed by atoms with Gasteiger partial charge in [-0.1, -0.05) is 18.2 Å². The molecule has 1 amide bonds. The van der Waals surface area contributed by atoms with E-state index < -0.39 is 39.6 Å². The first kappa shape index (κ1) is 16.2. The van der Waals surface area contributed by atoms with Crippen LogP contribution >= 0.6 is 0 Å². The number of carbonyl (C=O) groups excluding carboxylic acids is 1. The minimum absolute atomic E-state index is 0.501. The van der Waals surface area contributed by atoms with Crippen molar-refractivity contribution in [3.8, 4) is 0 Å². The summed E-state index contributed by atoms with van der Waals surface area (Å²) in [5, 5.41) is 11.0. The Morgan fingerprint density at radius 1 is 1.20 bits per heavy atom. The first-order chi connectivity index (χ1) is 9.21. The molecule has 1 aromatic carbocycles. The molecule has 0 aromatic heterocycles. The maximum Gasteiger partial charge on any atom is 0.304 e. The van der Waals surface area contributed by atoms with Crippen molar-refractivity contribution >= 4 is 27.4 Å². The number of carboxylic acid groups (broad SMARTS) is 1. The third-order valence-electron chi connectivity index (χ3n) is 2.72. The Hall–Kier alpha value is -1.89. The molecule has 1 aromatic rings. The molecule has 0 aliphatic carbocycles. The van der Waals surface area contributed by atoms with Crippen molar-refractivity contribution in [2.24, 2.45) is 0 Å². The van der Waals surface area contributed by atoms with Crippen LogP contribution in [0, 0.1) is 13.8 Å². The van der Waals surface area contributed by atoms with Crippen LogP contribution in [0.15, 0.2) is 18.2 Å². The quantitative estimate of drug-likeness (QED) is 0.820. The van der Waals surface area contributed by atoms with Crippen LogP contribution in [0.5, 0.6) is 0 Å². The number of sulfone groups is 1. The zero-order chi connectivity index (χ0) is 15.3. The predicted octanol–water partition coefficient (Wildman–Crippen LogP) is 1.13. The normalized spacial score (nSPS) is 11.1. The zero-order valence-electron chi connectivity index (χ0n) is 11.3. The van der Waals surface area contributed by atoms with Gasteiger partial charge in [0.1, 0.15) is 5.75 Å². The lowest BCUT2D eigenvalue weighted by Gasteiger charge is -2.11. The molecular weight excluding hydrogens is 282 g/mol. The predicted molar refractivity (Wildman–Crippen MR) is 75.5 cm³/mol. The number of hydrogen-bond acceptors (Lipinski definition) is 4. The Morgan fingerprint density at radius 3 is 2.25 bits per heavy atom. The fourth-order valence-corrected chi connectivity index (χ4v) is 2.80. The molecule has 0 unspecified atom stereocenters. The first-order valence-corrected chi connectivity index (χ1v) is 7.82. The van der Waals surface area contributed by atoms with Gasteiger partial charge in [0, 0.05) is 5.69 Å². The number of carboxylic acids is 1. The second-order valence-electron chi connectivity index (χ2n) is 4.55. The summed E-state index contributed by atoms with van der Waals surface area (Å²) in [5.41, 5.74) is 2.26. The van der Waals surface area contributed by atoms with Gasteiger partial charge in [-0.3, -0.25) is 9.59 Å². The van der Waals surface area contributed by atoms with E-state index in [-0.39, 0.29) is 0 Å². The molecule has 6 nitrogen and oxygen atoms in total. The number of nitrogens with one attached hydrogen (secondary N) is 1. The van der Waals surface area contributed by atoms with E-state index in [2.05, 4.69) is 5.32 Å². The minimum Gasteiger partial charge on any atom is -0.481 e. The summed E-state index contributed by atoms with van der Waals surface area (Å²) in [7, 11) is -3.71. The summed E-state index contributed by atoms with van der Waals surface area (Å²) in [4.78, 5) is 22.1. The van der Waals surface area contributed by atoms with E-state index in [1.165, 1.54) is 0 Å². The summed E-state index contributed by atoms with van der Waals surface area (Å²) in [6.45, 7) is 3.61. The van der Waals surface area contributed by atoms with Gasteiger partial charge in [-0.25, -0.2) is 8.42 Å². The van der Waals surface area contributed by atoms with Crippen LogP contribution in [0.3, 0.4) is 0 Å². The van der Waals surface area contributed by atoms with Gasteiger partial charge in [0.15, 0.2) is 9.84 Å². The molecule has 0 fully saturated rings. The SMILES string of the molecule is Cc1cccc(C)c1NC(=O)CS(=O)(=O)CCC(=O)O. The lowest BCUT2D eigenvalue weighted by atomic mass is 10.1. The van der Waals surface area contributed by atoms with Gasteiger partial charge >= 0.3 is 5.97 Å². The van der Waals surface area contributed by atoms with E-state index >= 15 is 0 Å². The number of amides is 1. The molecule has 20 heavy (non-hydrogen) atoms. The number of anilines is 1. The summed E-state index contributed by atoms with van der Waals surface area (Å²) in [5.74, 6) is -3.12. The largest absolute Gasteiger partial charge is 0.481 e. The molecule has 0 aliphatic rings. The zero-order valence-corrected chi connectivity index (χ0v) is 12.2. The van der Waals surface area contributed by atoms with Crippen LogP contribution in [-0.4, -0.2) is 36.9 Å². The summed E-state index contributed by atoms with van der Waals surface area (Å²) in [6, 6.07) is 5.45. The first-order valence-electron chi connectivity index (χ1n) is 5.99. The summed E-state index contributed by atoms with van der Waals surface area (Å²) >= 11 is 0. The summed E-state index contributed by atoms with van der Waals surface area (Å²) < 4.78 is 23.2. The Kier molecular flexibility index (Phi) is 5.26. The molecule has 1 rings (SSSR count). The molecule has 0 saturated heterocycles. The fraction of sp³-hybridized carbons (Fsp3) is 0.385. The van der Waals surface area contributed by atoms with Gasteiger partial charge in [-0.15, -0.1) is 0 Å². The standard InChI is InChI=1S/C13H17NO5S/c1-9-4-3-5-10(2)13(9)14-11(15)8-20(18,19)7-6-12(16)17/h3-5H,6-8H2,1-2H3,(H,14,15)(H,16,17). The van der Waals surface area contributed by atoms with Crippen LogP contribution in [0.1, 0.15) is 17.5 Å². The number of aryl methyl sites for hydroxylation is 2. The topological polar surface area (TPSA) is 101 Å². The maximum absolute atomic E-state index is 11.7. The highest BCUT2D eigenvalue weighted by atomic mass is 32.2. The van der Waals surface area contributed by atoms with E-state index in [4.69, 9.17) is 5.11 Å². The molecule has 110 valence electrons. The molecule has 0 spiro atoms. The maximum atomic E-state index is 11.7. The van der Waals surface area contributed by atoms with Crippen molar-refractivity contribution in [1.82, 2.24) is 0 Å². The highest BCUT2D eigenvalue weighted by Crippen LogP contribution is 2.19. The lowest BCUT2D eigenvalue weighted by molar-refractivity contribution is -0.136. The molecule has 0 heterocycles. The fourth-order valence-electron chi connectivity index (χ4n) is 1.70. The van der Waals surface area contributed by atoms with Crippen LogP contribution in [0.4, 0.5) is 5.69 Å². The number of carbonyl (C=O) groups is 2.